The lowest BCUT2D eigenvalue weighted by molar-refractivity contribution is 0.296. The molecule has 0 unspecified atom stereocenters. The maximum atomic E-state index is 6.05. The number of aromatic nitrogens is 2. The first kappa shape index (κ1) is 14.1. The van der Waals surface area contributed by atoms with Crippen LogP contribution in [-0.2, 0) is 13.1 Å². The Balaban J connectivity index is 1.52. The molecular formula is C17H23N3O. The van der Waals surface area contributed by atoms with E-state index in [4.69, 9.17) is 4.74 Å². The van der Waals surface area contributed by atoms with Gasteiger partial charge in [0.05, 0.1) is 12.9 Å². The van der Waals surface area contributed by atoms with Crippen LogP contribution >= 0.6 is 0 Å². The van der Waals surface area contributed by atoms with E-state index in [1.54, 1.807) is 0 Å². The lowest BCUT2D eigenvalue weighted by Gasteiger charge is -2.15. The summed E-state index contributed by atoms with van der Waals surface area (Å²) in [6, 6.07) is 7.11. The molecule has 0 bridgehead atoms. The molecule has 3 rings (SSSR count). The minimum absolute atomic E-state index is 0.722. The number of rotatable bonds is 8. The zero-order chi connectivity index (χ0) is 14.5. The summed E-state index contributed by atoms with van der Waals surface area (Å²) in [7, 11) is 0. The summed E-state index contributed by atoms with van der Waals surface area (Å²) in [4.78, 5) is 4.05. The van der Waals surface area contributed by atoms with Crippen LogP contribution in [0.1, 0.15) is 30.4 Å². The van der Waals surface area contributed by atoms with Gasteiger partial charge in [-0.3, -0.25) is 0 Å². The summed E-state index contributed by atoms with van der Waals surface area (Å²) in [6.45, 7) is 4.70. The van der Waals surface area contributed by atoms with Crippen molar-refractivity contribution in [1.29, 1.82) is 0 Å². The van der Waals surface area contributed by atoms with Gasteiger partial charge in [-0.05, 0) is 31.7 Å². The molecule has 112 valence electrons. The van der Waals surface area contributed by atoms with Crippen molar-refractivity contribution < 1.29 is 4.74 Å². The highest BCUT2D eigenvalue weighted by atomic mass is 16.5. The SMILES string of the molecule is Cc1cccc(CNC2CC2)c1OCCCn1ccnc1. The number of nitrogens with one attached hydrogen (secondary N) is 1. The Morgan fingerprint density at radius 2 is 2.29 bits per heavy atom. The maximum absolute atomic E-state index is 6.05. The molecule has 4 nitrogen and oxygen atoms in total. The lowest BCUT2D eigenvalue weighted by atomic mass is 10.1. The zero-order valence-corrected chi connectivity index (χ0v) is 12.6. The van der Waals surface area contributed by atoms with E-state index in [2.05, 4.69) is 40.0 Å². The van der Waals surface area contributed by atoms with Crippen LogP contribution in [0.5, 0.6) is 5.75 Å². The molecule has 0 amide bonds. The second kappa shape index (κ2) is 6.76. The fourth-order valence-electron chi connectivity index (χ4n) is 2.44. The molecule has 1 aromatic carbocycles. The first-order chi connectivity index (χ1) is 10.3. The Kier molecular flexibility index (Phi) is 4.55. The molecule has 4 heteroatoms. The largest absolute Gasteiger partial charge is 0.493 e. The van der Waals surface area contributed by atoms with Gasteiger partial charge < -0.3 is 14.6 Å². The van der Waals surface area contributed by atoms with E-state index in [-0.39, 0.29) is 0 Å². The molecule has 1 N–H and O–H groups in total. The molecule has 21 heavy (non-hydrogen) atoms. The molecule has 1 fully saturated rings. The van der Waals surface area contributed by atoms with Crippen molar-refractivity contribution in [1.82, 2.24) is 14.9 Å². The van der Waals surface area contributed by atoms with Crippen LogP contribution in [0.2, 0.25) is 0 Å². The predicted octanol–water partition coefficient (Wildman–Crippen LogP) is 2.91. The van der Waals surface area contributed by atoms with Crippen LogP contribution in [0.4, 0.5) is 0 Å². The van der Waals surface area contributed by atoms with E-state index in [1.807, 2.05) is 18.7 Å². The van der Waals surface area contributed by atoms with Gasteiger partial charge in [0.15, 0.2) is 0 Å². The predicted molar refractivity (Wildman–Crippen MR) is 83.4 cm³/mol. The summed E-state index contributed by atoms with van der Waals surface area (Å²) < 4.78 is 8.13. The molecule has 2 aromatic rings. The Morgan fingerprint density at radius 1 is 1.38 bits per heavy atom. The van der Waals surface area contributed by atoms with Gasteiger partial charge in [0, 0.05) is 37.1 Å². The number of hydrogen-bond donors (Lipinski definition) is 1. The molecule has 1 saturated carbocycles. The highest BCUT2D eigenvalue weighted by Gasteiger charge is 2.20. The highest BCUT2D eigenvalue weighted by Crippen LogP contribution is 2.25. The molecule has 1 aliphatic carbocycles. The van der Waals surface area contributed by atoms with Crippen molar-refractivity contribution in [2.24, 2.45) is 0 Å². The average Bonchev–Trinajstić information content (AvgIpc) is 3.17. The van der Waals surface area contributed by atoms with Crippen molar-refractivity contribution in [3.05, 3.63) is 48.0 Å². The van der Waals surface area contributed by atoms with Crippen LogP contribution < -0.4 is 10.1 Å². The van der Waals surface area contributed by atoms with Gasteiger partial charge in [0.1, 0.15) is 5.75 Å². The van der Waals surface area contributed by atoms with E-state index < -0.39 is 0 Å². The Bertz CT molecular complexity index is 561. The van der Waals surface area contributed by atoms with Crippen molar-refractivity contribution in [3.63, 3.8) is 0 Å². The fourth-order valence-corrected chi connectivity index (χ4v) is 2.44. The van der Waals surface area contributed by atoms with Crippen LogP contribution in [0.3, 0.4) is 0 Å². The van der Waals surface area contributed by atoms with Gasteiger partial charge >= 0.3 is 0 Å². The molecule has 1 aliphatic rings. The van der Waals surface area contributed by atoms with Gasteiger partial charge in [0.2, 0.25) is 0 Å². The maximum Gasteiger partial charge on any atom is 0.126 e. The van der Waals surface area contributed by atoms with Gasteiger partial charge in [-0.1, -0.05) is 18.2 Å². The van der Waals surface area contributed by atoms with Crippen LogP contribution in [-0.4, -0.2) is 22.2 Å². The zero-order valence-electron chi connectivity index (χ0n) is 12.6. The Hall–Kier alpha value is -1.81. The molecule has 0 aliphatic heterocycles. The molecule has 1 heterocycles. The van der Waals surface area contributed by atoms with Crippen molar-refractivity contribution in [2.75, 3.05) is 6.61 Å². The van der Waals surface area contributed by atoms with Gasteiger partial charge in [-0.15, -0.1) is 0 Å². The average molecular weight is 285 g/mol. The second-order valence-electron chi connectivity index (χ2n) is 5.72. The third-order valence-electron chi connectivity index (χ3n) is 3.82. The lowest BCUT2D eigenvalue weighted by Crippen LogP contribution is -2.16. The van der Waals surface area contributed by atoms with Gasteiger partial charge in [-0.2, -0.15) is 0 Å². The minimum atomic E-state index is 0.722. The summed E-state index contributed by atoms with van der Waals surface area (Å²) in [5.74, 6) is 1.05. The van der Waals surface area contributed by atoms with Crippen molar-refractivity contribution >= 4 is 0 Å². The summed E-state index contributed by atoms with van der Waals surface area (Å²) >= 11 is 0. The van der Waals surface area contributed by atoms with Crippen molar-refractivity contribution in [2.45, 2.75) is 45.3 Å². The molecule has 0 saturated heterocycles. The van der Waals surface area contributed by atoms with Crippen molar-refractivity contribution in [3.8, 4) is 5.75 Å². The number of imidazole rings is 1. The van der Waals surface area contributed by atoms with E-state index in [0.29, 0.717) is 0 Å². The molecule has 0 atom stereocenters. The minimum Gasteiger partial charge on any atom is -0.493 e. The Labute approximate surface area is 126 Å². The number of nitrogens with zero attached hydrogens (tertiary/aromatic N) is 2. The first-order valence-corrected chi connectivity index (χ1v) is 7.73. The highest BCUT2D eigenvalue weighted by molar-refractivity contribution is 5.40. The summed E-state index contributed by atoms with van der Waals surface area (Å²) in [5.41, 5.74) is 2.48. The molecule has 0 spiro atoms. The van der Waals surface area contributed by atoms with Gasteiger partial charge in [-0.25, -0.2) is 4.98 Å². The standard InChI is InChI=1S/C17H23N3O/c1-14-4-2-5-15(12-19-16-6-7-16)17(14)21-11-3-9-20-10-8-18-13-20/h2,4-5,8,10,13,16,19H,3,6-7,9,11-12H2,1H3. The third-order valence-corrected chi connectivity index (χ3v) is 3.82. The number of ether oxygens (including phenoxy) is 1. The van der Waals surface area contributed by atoms with Gasteiger partial charge in [0.25, 0.3) is 0 Å². The topological polar surface area (TPSA) is 39.1 Å². The second-order valence-corrected chi connectivity index (χ2v) is 5.72. The van der Waals surface area contributed by atoms with E-state index in [1.165, 1.54) is 24.0 Å². The summed E-state index contributed by atoms with van der Waals surface area (Å²) in [6.07, 6.45) is 9.25. The normalized spacial score (nSPS) is 14.3. The van der Waals surface area contributed by atoms with E-state index in [0.717, 1.165) is 37.9 Å². The number of aryl methyl sites for hydroxylation is 2. The van der Waals surface area contributed by atoms with E-state index in [9.17, 15) is 0 Å². The van der Waals surface area contributed by atoms with Crippen LogP contribution in [0, 0.1) is 6.92 Å². The quantitative estimate of drug-likeness (QED) is 0.758. The molecule has 0 radical (unpaired) electrons. The Morgan fingerprint density at radius 3 is 3.05 bits per heavy atom. The number of para-hydroxylation sites is 1. The monoisotopic (exact) mass is 285 g/mol. The number of benzene rings is 1. The summed E-state index contributed by atoms with van der Waals surface area (Å²) in [5, 5.41) is 3.56. The molecular weight excluding hydrogens is 262 g/mol. The fraction of sp³-hybridized carbons (Fsp3) is 0.471. The smallest absolute Gasteiger partial charge is 0.126 e. The van der Waals surface area contributed by atoms with E-state index >= 15 is 0 Å². The first-order valence-electron chi connectivity index (χ1n) is 7.73. The third kappa shape index (κ3) is 4.08. The van der Waals surface area contributed by atoms with Crippen LogP contribution in [0.25, 0.3) is 0 Å². The number of hydrogen-bond acceptors (Lipinski definition) is 3. The molecule has 1 aromatic heterocycles. The van der Waals surface area contributed by atoms with Crippen LogP contribution in [0.15, 0.2) is 36.9 Å².